The summed E-state index contributed by atoms with van der Waals surface area (Å²) in [6, 6.07) is 0. The van der Waals surface area contributed by atoms with Crippen molar-refractivity contribution < 1.29 is 19.8 Å². The summed E-state index contributed by atoms with van der Waals surface area (Å²) in [7, 11) is 0. The van der Waals surface area contributed by atoms with E-state index in [-0.39, 0.29) is 23.9 Å². The standard InChI is InChI=1S/C4H4O4.Sn/c5-3(6)1-2-4(7)8;/h1-2H,(H,5,6)(H,7,8);/q;+2/p-2/b2-1-;. The maximum Gasteiger partial charge on any atom is 2.00 e. The van der Waals surface area contributed by atoms with Gasteiger partial charge in [-0.05, 0) is 12.2 Å². The first-order valence-electron chi connectivity index (χ1n) is 1.73. The van der Waals surface area contributed by atoms with Crippen molar-refractivity contribution in [2.75, 3.05) is 0 Å². The van der Waals surface area contributed by atoms with Crippen LogP contribution in [0.25, 0.3) is 0 Å². The number of aliphatic carboxylic acids is 2. The van der Waals surface area contributed by atoms with Gasteiger partial charge in [-0.2, -0.15) is 0 Å². The van der Waals surface area contributed by atoms with Crippen LogP contribution < -0.4 is 10.2 Å². The summed E-state index contributed by atoms with van der Waals surface area (Å²) in [6.45, 7) is 0. The van der Waals surface area contributed by atoms with Crippen LogP contribution in [0.3, 0.4) is 0 Å². The Kier molecular flexibility index (Phi) is 7.05. The van der Waals surface area contributed by atoms with Crippen molar-refractivity contribution in [2.45, 2.75) is 0 Å². The summed E-state index contributed by atoms with van der Waals surface area (Å²) in [6.07, 6.45) is 0.769. The van der Waals surface area contributed by atoms with Crippen molar-refractivity contribution in [2.24, 2.45) is 0 Å². The minimum absolute atomic E-state index is 0. The molecule has 0 N–H and O–H groups in total. The van der Waals surface area contributed by atoms with Crippen LogP contribution in [0.15, 0.2) is 12.2 Å². The average Bonchev–Trinajstić information content (AvgIpc) is 1.61. The molecule has 0 bridgehead atoms. The normalized spacial score (nSPS) is 8.44. The molecule has 0 atom stereocenters. The van der Waals surface area contributed by atoms with E-state index in [4.69, 9.17) is 0 Å². The molecule has 46 valence electrons. The molecule has 0 spiro atoms. The summed E-state index contributed by atoms with van der Waals surface area (Å²) in [5.41, 5.74) is 0. The number of carbonyl (C=O) groups excluding carboxylic acids is 2. The fraction of sp³-hybridized carbons (Fsp3) is 0. The first-order valence-corrected chi connectivity index (χ1v) is 1.73. The van der Waals surface area contributed by atoms with Gasteiger partial charge < -0.3 is 19.8 Å². The van der Waals surface area contributed by atoms with E-state index >= 15 is 0 Å². The zero-order chi connectivity index (χ0) is 6.57. The van der Waals surface area contributed by atoms with Crippen LogP contribution in [-0.4, -0.2) is 35.8 Å². The van der Waals surface area contributed by atoms with Gasteiger partial charge in [-0.25, -0.2) is 0 Å². The van der Waals surface area contributed by atoms with Gasteiger partial charge >= 0.3 is 23.9 Å². The molecule has 0 heterocycles. The van der Waals surface area contributed by atoms with Gasteiger partial charge in [0.1, 0.15) is 0 Å². The van der Waals surface area contributed by atoms with Crippen LogP contribution >= 0.6 is 0 Å². The van der Waals surface area contributed by atoms with Gasteiger partial charge in [0.25, 0.3) is 0 Å². The van der Waals surface area contributed by atoms with E-state index in [0.29, 0.717) is 12.2 Å². The van der Waals surface area contributed by atoms with E-state index < -0.39 is 11.9 Å². The maximum atomic E-state index is 9.41. The van der Waals surface area contributed by atoms with Crippen LogP contribution in [0.1, 0.15) is 0 Å². The molecule has 4 nitrogen and oxygen atoms in total. The second kappa shape index (κ2) is 5.61. The van der Waals surface area contributed by atoms with Crippen molar-refractivity contribution in [1.82, 2.24) is 0 Å². The Labute approximate surface area is 68.1 Å². The van der Waals surface area contributed by atoms with Crippen molar-refractivity contribution in [3.8, 4) is 0 Å². The van der Waals surface area contributed by atoms with Gasteiger partial charge in [-0.1, -0.05) is 0 Å². The molecular weight excluding hydrogens is 231 g/mol. The van der Waals surface area contributed by atoms with Crippen LogP contribution in [0.5, 0.6) is 0 Å². The minimum atomic E-state index is -1.55. The van der Waals surface area contributed by atoms with Crippen LogP contribution in [-0.2, 0) is 9.59 Å². The number of carbonyl (C=O) groups is 2. The van der Waals surface area contributed by atoms with Gasteiger partial charge in [-0.15, -0.1) is 0 Å². The van der Waals surface area contributed by atoms with Crippen LogP contribution in [0, 0.1) is 0 Å². The van der Waals surface area contributed by atoms with E-state index in [1.54, 1.807) is 0 Å². The van der Waals surface area contributed by atoms with Gasteiger partial charge in [0.05, 0.1) is 11.9 Å². The Morgan fingerprint density at radius 1 is 1.00 bits per heavy atom. The van der Waals surface area contributed by atoms with Crippen LogP contribution in [0.4, 0.5) is 0 Å². The van der Waals surface area contributed by atoms with E-state index in [0.717, 1.165) is 0 Å². The molecule has 0 aliphatic rings. The molecular formula is C4H2O4Sn. The fourth-order valence-corrected chi connectivity index (χ4v) is 0.136. The van der Waals surface area contributed by atoms with Crippen LogP contribution in [0.2, 0.25) is 0 Å². The number of carboxylic acids is 2. The number of carboxylic acid groups (broad SMARTS) is 2. The van der Waals surface area contributed by atoms with Gasteiger partial charge in [0.2, 0.25) is 0 Å². The third kappa shape index (κ3) is 11.2. The minimum Gasteiger partial charge on any atom is -0.545 e. The first kappa shape index (κ1) is 11.3. The Morgan fingerprint density at radius 2 is 1.22 bits per heavy atom. The quantitative estimate of drug-likeness (QED) is 0.368. The Morgan fingerprint density at radius 3 is 1.33 bits per heavy atom. The van der Waals surface area contributed by atoms with Gasteiger partial charge in [-0.3, -0.25) is 0 Å². The summed E-state index contributed by atoms with van der Waals surface area (Å²) >= 11 is 0. The Bertz CT molecular complexity index is 124. The molecule has 0 rings (SSSR count). The monoisotopic (exact) mass is 234 g/mol. The summed E-state index contributed by atoms with van der Waals surface area (Å²) < 4.78 is 0. The largest absolute Gasteiger partial charge is 2.00 e. The Hall–Kier alpha value is -0.521. The summed E-state index contributed by atoms with van der Waals surface area (Å²) in [5.74, 6) is -3.09. The van der Waals surface area contributed by atoms with Crippen molar-refractivity contribution in [1.29, 1.82) is 0 Å². The smallest absolute Gasteiger partial charge is 0.545 e. The topological polar surface area (TPSA) is 80.3 Å². The molecule has 0 aromatic heterocycles. The summed E-state index contributed by atoms with van der Waals surface area (Å²) in [5, 5.41) is 18.8. The maximum absolute atomic E-state index is 9.41. The molecule has 2 radical (unpaired) electrons. The first-order chi connectivity index (χ1) is 3.63. The van der Waals surface area contributed by atoms with Crippen molar-refractivity contribution >= 4 is 35.8 Å². The number of rotatable bonds is 2. The van der Waals surface area contributed by atoms with E-state index in [1.165, 1.54) is 0 Å². The van der Waals surface area contributed by atoms with Crippen molar-refractivity contribution in [3.63, 3.8) is 0 Å². The zero-order valence-electron chi connectivity index (χ0n) is 4.29. The fourth-order valence-electron chi connectivity index (χ4n) is 0.136. The number of hydrogen-bond acceptors (Lipinski definition) is 4. The molecule has 5 heteroatoms. The molecule has 0 saturated carbocycles. The molecule has 0 aromatic carbocycles. The van der Waals surface area contributed by atoms with E-state index in [9.17, 15) is 19.8 Å². The SMILES string of the molecule is O=C([O-])/C=C\C(=O)[O-].[Sn+2]. The van der Waals surface area contributed by atoms with E-state index in [1.807, 2.05) is 0 Å². The van der Waals surface area contributed by atoms with Gasteiger partial charge in [0, 0.05) is 0 Å². The predicted molar refractivity (Wildman–Crippen MR) is 24.9 cm³/mol. The molecule has 0 aliphatic heterocycles. The second-order valence-electron chi connectivity index (χ2n) is 0.971. The third-order valence-corrected chi connectivity index (χ3v) is 0.355. The Balaban J connectivity index is 0. The summed E-state index contributed by atoms with van der Waals surface area (Å²) in [4.78, 5) is 18.8. The van der Waals surface area contributed by atoms with Crippen molar-refractivity contribution in [3.05, 3.63) is 12.2 Å². The molecule has 0 aliphatic carbocycles. The third-order valence-electron chi connectivity index (χ3n) is 0.355. The predicted octanol–water partition coefficient (Wildman–Crippen LogP) is -3.34. The molecule has 0 amide bonds. The molecule has 0 saturated heterocycles. The zero-order valence-corrected chi connectivity index (χ0v) is 7.14. The van der Waals surface area contributed by atoms with E-state index in [2.05, 4.69) is 0 Å². The molecule has 0 fully saturated rings. The molecule has 9 heavy (non-hydrogen) atoms. The molecule has 0 aromatic rings. The van der Waals surface area contributed by atoms with Gasteiger partial charge in [0.15, 0.2) is 0 Å². The number of hydrogen-bond donors (Lipinski definition) is 0. The second-order valence-corrected chi connectivity index (χ2v) is 0.971. The molecule has 0 unspecified atom stereocenters. The average molecular weight is 233 g/mol.